The van der Waals surface area contributed by atoms with Crippen LogP contribution in [0.5, 0.6) is 5.75 Å². The lowest BCUT2D eigenvalue weighted by molar-refractivity contribution is -0.126. The first-order chi connectivity index (χ1) is 10.3. The summed E-state index contributed by atoms with van der Waals surface area (Å²) in [4.78, 5) is 14.6. The van der Waals surface area contributed by atoms with Crippen LogP contribution in [0, 0.1) is 11.8 Å². The molecule has 3 rings (SSSR count). The molecule has 2 unspecified atom stereocenters. The lowest BCUT2D eigenvalue weighted by Gasteiger charge is -2.31. The number of ketones is 1. The predicted molar refractivity (Wildman–Crippen MR) is 83.3 cm³/mol. The minimum absolute atomic E-state index is 0.231. The number of Topliss-reactive ketones (excluding diaryl/α,β-unsaturated/α-hetero) is 1. The third-order valence-electron chi connectivity index (χ3n) is 4.96. The molecule has 0 spiro atoms. The van der Waals surface area contributed by atoms with Gasteiger partial charge in [0, 0.05) is 37.5 Å². The molecule has 1 aromatic rings. The number of benzene rings is 1. The zero-order valence-electron chi connectivity index (χ0n) is 12.9. The van der Waals surface area contributed by atoms with Crippen molar-refractivity contribution in [3.8, 4) is 5.75 Å². The van der Waals surface area contributed by atoms with Crippen LogP contribution < -0.4 is 4.74 Å². The summed E-state index contributed by atoms with van der Waals surface area (Å²) in [5.41, 5.74) is 1.24. The average molecular weight is 287 g/mol. The maximum Gasteiger partial charge on any atom is 0.137 e. The molecule has 0 N–H and O–H groups in total. The second kappa shape index (κ2) is 6.61. The van der Waals surface area contributed by atoms with E-state index in [1.165, 1.54) is 12.0 Å². The van der Waals surface area contributed by atoms with E-state index in [2.05, 4.69) is 24.0 Å². The van der Waals surface area contributed by atoms with Crippen LogP contribution in [0.3, 0.4) is 0 Å². The lowest BCUT2D eigenvalue weighted by Crippen LogP contribution is -2.37. The Hall–Kier alpha value is -1.35. The molecule has 1 heterocycles. The van der Waals surface area contributed by atoms with Crippen LogP contribution in [-0.2, 0) is 11.3 Å². The molecule has 0 bridgehead atoms. The van der Waals surface area contributed by atoms with Crippen molar-refractivity contribution in [2.24, 2.45) is 11.8 Å². The van der Waals surface area contributed by atoms with Gasteiger partial charge in [-0.3, -0.25) is 9.69 Å². The van der Waals surface area contributed by atoms with Crippen molar-refractivity contribution >= 4 is 5.78 Å². The molecule has 0 aromatic heterocycles. The molecule has 1 fully saturated rings. The highest BCUT2D eigenvalue weighted by atomic mass is 16.5. The monoisotopic (exact) mass is 287 g/mol. The molecule has 2 aliphatic rings. The van der Waals surface area contributed by atoms with E-state index in [0.29, 0.717) is 5.78 Å². The van der Waals surface area contributed by atoms with E-state index in [0.717, 1.165) is 57.2 Å². The minimum Gasteiger partial charge on any atom is -0.492 e. The zero-order valence-corrected chi connectivity index (χ0v) is 12.9. The van der Waals surface area contributed by atoms with Gasteiger partial charge < -0.3 is 4.74 Å². The summed E-state index contributed by atoms with van der Waals surface area (Å²) in [5, 5.41) is 0. The summed E-state index contributed by atoms with van der Waals surface area (Å²) in [6.45, 7) is 5.67. The first-order valence-electron chi connectivity index (χ1n) is 8.22. The third-order valence-corrected chi connectivity index (χ3v) is 4.96. The minimum atomic E-state index is 0.231. The van der Waals surface area contributed by atoms with Crippen LogP contribution in [-0.4, -0.2) is 30.4 Å². The highest BCUT2D eigenvalue weighted by Gasteiger charge is 2.29. The van der Waals surface area contributed by atoms with Crippen molar-refractivity contribution < 1.29 is 9.53 Å². The fourth-order valence-corrected chi connectivity index (χ4v) is 3.60. The molecule has 0 radical (unpaired) electrons. The van der Waals surface area contributed by atoms with Gasteiger partial charge in [0.25, 0.3) is 0 Å². The molecular formula is C18H25NO2. The molecular weight excluding hydrogens is 262 g/mol. The van der Waals surface area contributed by atoms with E-state index >= 15 is 0 Å². The van der Waals surface area contributed by atoms with Gasteiger partial charge in [0.05, 0.1) is 0 Å². The average Bonchev–Trinajstić information content (AvgIpc) is 2.71. The van der Waals surface area contributed by atoms with Crippen LogP contribution in [0.15, 0.2) is 24.3 Å². The lowest BCUT2D eigenvalue weighted by atomic mass is 9.79. The van der Waals surface area contributed by atoms with Gasteiger partial charge in [-0.25, -0.2) is 0 Å². The van der Waals surface area contributed by atoms with E-state index in [1.807, 2.05) is 12.1 Å². The molecule has 1 aliphatic heterocycles. The fraction of sp³-hybridized carbons (Fsp3) is 0.611. The molecule has 1 saturated carbocycles. The molecule has 3 heteroatoms. The van der Waals surface area contributed by atoms with Crippen molar-refractivity contribution in [3.63, 3.8) is 0 Å². The van der Waals surface area contributed by atoms with Gasteiger partial charge in [0.1, 0.15) is 18.1 Å². The molecule has 1 aliphatic carbocycles. The highest BCUT2D eigenvalue weighted by molar-refractivity contribution is 5.82. The number of nitrogens with zero attached hydrogens (tertiary/aromatic N) is 1. The quantitative estimate of drug-likeness (QED) is 0.854. The van der Waals surface area contributed by atoms with Crippen molar-refractivity contribution in [1.82, 2.24) is 4.90 Å². The second-order valence-corrected chi connectivity index (χ2v) is 6.40. The van der Waals surface area contributed by atoms with Gasteiger partial charge in [-0.05, 0) is 24.8 Å². The van der Waals surface area contributed by atoms with Gasteiger partial charge in [0.15, 0.2) is 0 Å². The zero-order chi connectivity index (χ0) is 14.7. The van der Waals surface area contributed by atoms with Gasteiger partial charge in [-0.2, -0.15) is 0 Å². The topological polar surface area (TPSA) is 29.5 Å². The van der Waals surface area contributed by atoms with Gasteiger partial charge in [-0.1, -0.05) is 31.5 Å². The summed E-state index contributed by atoms with van der Waals surface area (Å²) >= 11 is 0. The predicted octanol–water partition coefficient (Wildman–Crippen LogP) is 3.28. The Labute approximate surface area is 127 Å². The van der Waals surface area contributed by atoms with E-state index in [4.69, 9.17) is 4.74 Å². The molecule has 0 amide bonds. The Balaban J connectivity index is 1.66. The van der Waals surface area contributed by atoms with E-state index in [9.17, 15) is 4.79 Å². The summed E-state index contributed by atoms with van der Waals surface area (Å²) in [6, 6.07) is 8.25. The summed E-state index contributed by atoms with van der Waals surface area (Å²) in [5.74, 6) is 2.44. The van der Waals surface area contributed by atoms with Crippen molar-refractivity contribution in [2.75, 3.05) is 19.7 Å². The number of ether oxygens (including phenoxy) is 1. The van der Waals surface area contributed by atoms with Crippen molar-refractivity contribution in [2.45, 2.75) is 39.2 Å². The van der Waals surface area contributed by atoms with E-state index in [1.54, 1.807) is 0 Å². The van der Waals surface area contributed by atoms with Gasteiger partial charge in [0.2, 0.25) is 0 Å². The fourth-order valence-electron chi connectivity index (χ4n) is 3.60. The molecule has 114 valence electrons. The first-order valence-corrected chi connectivity index (χ1v) is 8.22. The smallest absolute Gasteiger partial charge is 0.137 e. The Morgan fingerprint density at radius 2 is 2.19 bits per heavy atom. The number of hydrogen-bond acceptors (Lipinski definition) is 3. The molecule has 0 saturated heterocycles. The van der Waals surface area contributed by atoms with E-state index < -0.39 is 0 Å². The molecule has 3 nitrogen and oxygen atoms in total. The Morgan fingerprint density at radius 1 is 1.33 bits per heavy atom. The second-order valence-electron chi connectivity index (χ2n) is 6.40. The van der Waals surface area contributed by atoms with Crippen LogP contribution >= 0.6 is 0 Å². The normalized spacial score (nSPS) is 26.8. The van der Waals surface area contributed by atoms with Gasteiger partial charge >= 0.3 is 0 Å². The maximum atomic E-state index is 12.2. The third kappa shape index (κ3) is 3.46. The van der Waals surface area contributed by atoms with Crippen LogP contribution in [0.1, 0.15) is 38.2 Å². The number of rotatable bonds is 3. The highest BCUT2D eigenvalue weighted by Crippen LogP contribution is 2.30. The Kier molecular flexibility index (Phi) is 4.59. The van der Waals surface area contributed by atoms with E-state index in [-0.39, 0.29) is 5.92 Å². The van der Waals surface area contributed by atoms with Crippen molar-refractivity contribution in [3.05, 3.63) is 29.8 Å². The van der Waals surface area contributed by atoms with Crippen LogP contribution in [0.2, 0.25) is 0 Å². The Morgan fingerprint density at radius 3 is 3.05 bits per heavy atom. The molecule has 1 aromatic carbocycles. The Bertz CT molecular complexity index is 500. The number of fused-ring (bicyclic) bond motifs is 1. The first kappa shape index (κ1) is 14.6. The molecule has 2 atom stereocenters. The summed E-state index contributed by atoms with van der Waals surface area (Å²) in [6.07, 6.45) is 4.16. The largest absolute Gasteiger partial charge is 0.492 e. The number of carbonyl (C=O) groups is 1. The maximum absolute atomic E-state index is 12.2. The number of carbonyl (C=O) groups excluding carboxylic acids is 1. The van der Waals surface area contributed by atoms with Gasteiger partial charge in [-0.15, -0.1) is 0 Å². The van der Waals surface area contributed by atoms with Crippen LogP contribution in [0.25, 0.3) is 0 Å². The standard InChI is InChI=1S/C18H25NO2/c1-2-14-7-8-17(20)16(11-14)13-19-9-10-21-18-6-4-3-5-15(18)12-19/h3-6,14,16H,2,7-13H2,1H3. The summed E-state index contributed by atoms with van der Waals surface area (Å²) in [7, 11) is 0. The SMILES string of the molecule is CCC1CCC(=O)C(CN2CCOc3ccccc3C2)C1. The summed E-state index contributed by atoms with van der Waals surface area (Å²) < 4.78 is 5.81. The van der Waals surface area contributed by atoms with Crippen LogP contribution in [0.4, 0.5) is 0 Å². The molecule has 21 heavy (non-hydrogen) atoms. The number of hydrogen-bond donors (Lipinski definition) is 0. The number of para-hydroxylation sites is 1. The van der Waals surface area contributed by atoms with Crippen molar-refractivity contribution in [1.29, 1.82) is 0 Å².